The lowest BCUT2D eigenvalue weighted by atomic mass is 9.84. The van der Waals surface area contributed by atoms with Crippen molar-refractivity contribution in [2.45, 2.75) is 39.2 Å². The molecule has 0 saturated heterocycles. The quantitative estimate of drug-likeness (QED) is 0.904. The number of para-hydroxylation sites is 1. The first-order valence-corrected chi connectivity index (χ1v) is 7.37. The number of fused-ring (bicyclic) bond motifs is 1. The number of aliphatic carboxylic acids is 1. The second kappa shape index (κ2) is 5.02. The highest BCUT2D eigenvalue weighted by Crippen LogP contribution is 2.40. The van der Waals surface area contributed by atoms with E-state index >= 15 is 0 Å². The summed E-state index contributed by atoms with van der Waals surface area (Å²) in [5.41, 5.74) is 2.16. The first-order chi connectivity index (χ1) is 10.0. The van der Waals surface area contributed by atoms with Crippen LogP contribution in [0.15, 0.2) is 30.3 Å². The van der Waals surface area contributed by atoms with Crippen molar-refractivity contribution >= 4 is 22.6 Å². The fraction of sp³-hybridized carbons (Fsp3) is 0.412. The zero-order valence-corrected chi connectivity index (χ0v) is 12.4. The van der Waals surface area contributed by atoms with Gasteiger partial charge in [0.15, 0.2) is 0 Å². The molecule has 2 aromatic rings. The van der Waals surface area contributed by atoms with Gasteiger partial charge in [-0.3, -0.25) is 9.78 Å². The molecule has 2 N–H and O–H groups in total. The van der Waals surface area contributed by atoms with Crippen LogP contribution in [0.2, 0.25) is 0 Å². The van der Waals surface area contributed by atoms with Crippen molar-refractivity contribution < 1.29 is 9.90 Å². The number of benzene rings is 1. The van der Waals surface area contributed by atoms with E-state index in [0.29, 0.717) is 0 Å². The number of aryl methyl sites for hydroxylation is 1. The number of carboxylic acids is 1. The lowest BCUT2D eigenvalue weighted by Gasteiger charge is -2.29. The minimum Gasteiger partial charge on any atom is -0.481 e. The van der Waals surface area contributed by atoms with Crippen LogP contribution in [0.4, 0.5) is 5.69 Å². The highest BCUT2D eigenvalue weighted by atomic mass is 16.4. The Bertz CT molecular complexity index is 698. The second-order valence-corrected chi connectivity index (χ2v) is 6.14. The van der Waals surface area contributed by atoms with Crippen LogP contribution in [0.25, 0.3) is 10.9 Å². The summed E-state index contributed by atoms with van der Waals surface area (Å²) in [5, 5.41) is 14.1. The van der Waals surface area contributed by atoms with E-state index in [1.165, 1.54) is 0 Å². The van der Waals surface area contributed by atoms with E-state index in [0.717, 1.165) is 41.5 Å². The molecule has 0 aliphatic heterocycles. The molecular weight excluding hydrogens is 264 g/mol. The van der Waals surface area contributed by atoms with Crippen molar-refractivity contribution in [3.63, 3.8) is 0 Å². The minimum absolute atomic E-state index is 0.0415. The number of aromatic nitrogens is 1. The van der Waals surface area contributed by atoms with Crippen LogP contribution >= 0.6 is 0 Å². The highest BCUT2D eigenvalue weighted by molar-refractivity contribution is 5.92. The van der Waals surface area contributed by atoms with E-state index in [2.05, 4.69) is 10.3 Å². The number of carboxylic acid groups (broad SMARTS) is 1. The number of nitrogens with zero attached hydrogens (tertiary/aromatic N) is 1. The fourth-order valence-electron chi connectivity index (χ4n) is 3.27. The predicted molar refractivity (Wildman–Crippen MR) is 83.5 cm³/mol. The Hall–Kier alpha value is -2.10. The molecule has 1 saturated carbocycles. The zero-order chi connectivity index (χ0) is 15.0. The molecule has 1 aliphatic carbocycles. The maximum Gasteiger partial charge on any atom is 0.311 e. The summed E-state index contributed by atoms with van der Waals surface area (Å²) in [4.78, 5) is 16.1. The van der Waals surface area contributed by atoms with E-state index in [9.17, 15) is 9.90 Å². The Morgan fingerprint density at radius 2 is 2.19 bits per heavy atom. The number of pyridine rings is 1. The van der Waals surface area contributed by atoms with Crippen LogP contribution in [0.3, 0.4) is 0 Å². The van der Waals surface area contributed by atoms with Crippen molar-refractivity contribution in [2.24, 2.45) is 5.41 Å². The molecule has 0 radical (unpaired) electrons. The maximum absolute atomic E-state index is 11.6. The lowest BCUT2D eigenvalue weighted by molar-refractivity contribution is -0.147. The third-order valence-corrected chi connectivity index (χ3v) is 4.62. The van der Waals surface area contributed by atoms with E-state index in [4.69, 9.17) is 0 Å². The number of rotatable bonds is 3. The van der Waals surface area contributed by atoms with Crippen molar-refractivity contribution in [2.75, 3.05) is 5.32 Å². The molecule has 0 spiro atoms. The van der Waals surface area contributed by atoms with Crippen LogP contribution in [-0.2, 0) is 4.79 Å². The first-order valence-electron chi connectivity index (χ1n) is 7.37. The number of nitrogens with one attached hydrogen (secondary N) is 1. The fourth-order valence-corrected chi connectivity index (χ4v) is 3.27. The third kappa shape index (κ3) is 2.35. The smallest absolute Gasteiger partial charge is 0.311 e. The summed E-state index contributed by atoms with van der Waals surface area (Å²) in [7, 11) is 0. The van der Waals surface area contributed by atoms with Crippen LogP contribution in [0.5, 0.6) is 0 Å². The molecule has 21 heavy (non-hydrogen) atoms. The topological polar surface area (TPSA) is 62.2 Å². The molecule has 1 fully saturated rings. The lowest BCUT2D eigenvalue weighted by Crippen LogP contribution is -2.40. The molecule has 0 bridgehead atoms. The maximum atomic E-state index is 11.6. The molecule has 3 rings (SSSR count). The van der Waals surface area contributed by atoms with Gasteiger partial charge in [-0.2, -0.15) is 0 Å². The SMILES string of the molecule is Cc1cc(NC2CCCC2(C)C(=O)O)c2ccccc2n1. The van der Waals surface area contributed by atoms with Gasteiger partial charge in [0.05, 0.1) is 10.9 Å². The standard InChI is InChI=1S/C17H20N2O2/c1-11-10-14(12-6-3-4-7-13(12)18-11)19-15-8-5-9-17(15,2)16(20)21/h3-4,6-7,10,15H,5,8-9H2,1-2H3,(H,18,19)(H,20,21). The molecule has 4 heteroatoms. The van der Waals surface area contributed by atoms with Gasteiger partial charge >= 0.3 is 5.97 Å². The normalized spacial score (nSPS) is 25.1. The Kier molecular flexibility index (Phi) is 3.32. The molecule has 1 aromatic carbocycles. The molecular formula is C17H20N2O2. The van der Waals surface area contributed by atoms with Gasteiger partial charge in [0.25, 0.3) is 0 Å². The number of hydrogen-bond donors (Lipinski definition) is 2. The minimum atomic E-state index is -0.715. The first kappa shape index (κ1) is 13.9. The van der Waals surface area contributed by atoms with Crippen molar-refractivity contribution in [3.8, 4) is 0 Å². The molecule has 1 aromatic heterocycles. The largest absolute Gasteiger partial charge is 0.481 e. The zero-order valence-electron chi connectivity index (χ0n) is 12.4. The van der Waals surface area contributed by atoms with Crippen LogP contribution in [0.1, 0.15) is 31.9 Å². The van der Waals surface area contributed by atoms with Crippen LogP contribution in [-0.4, -0.2) is 22.1 Å². The van der Waals surface area contributed by atoms with Crippen LogP contribution < -0.4 is 5.32 Å². The summed E-state index contributed by atoms with van der Waals surface area (Å²) >= 11 is 0. The van der Waals surface area contributed by atoms with Gasteiger partial charge in [-0.1, -0.05) is 24.6 Å². The molecule has 2 atom stereocenters. The van der Waals surface area contributed by atoms with E-state index in [1.54, 1.807) is 0 Å². The van der Waals surface area contributed by atoms with E-state index in [-0.39, 0.29) is 6.04 Å². The Morgan fingerprint density at radius 3 is 2.95 bits per heavy atom. The molecule has 1 heterocycles. The predicted octanol–water partition coefficient (Wildman–Crippen LogP) is 3.60. The molecule has 2 unspecified atom stereocenters. The average molecular weight is 284 g/mol. The third-order valence-electron chi connectivity index (χ3n) is 4.62. The monoisotopic (exact) mass is 284 g/mol. The molecule has 1 aliphatic rings. The Labute approximate surface area is 124 Å². The number of carbonyl (C=O) groups is 1. The Balaban J connectivity index is 2.00. The van der Waals surface area contributed by atoms with Crippen LogP contribution in [0, 0.1) is 12.3 Å². The summed E-state index contributed by atoms with van der Waals surface area (Å²) in [6.45, 7) is 3.80. The van der Waals surface area contributed by atoms with E-state index in [1.807, 2.05) is 44.2 Å². The Morgan fingerprint density at radius 1 is 1.43 bits per heavy atom. The summed E-state index contributed by atoms with van der Waals surface area (Å²) in [5.74, 6) is -0.715. The molecule has 4 nitrogen and oxygen atoms in total. The molecule has 110 valence electrons. The highest BCUT2D eigenvalue weighted by Gasteiger charge is 2.45. The summed E-state index contributed by atoms with van der Waals surface area (Å²) in [6, 6.07) is 9.92. The van der Waals surface area contributed by atoms with Crippen molar-refractivity contribution in [3.05, 3.63) is 36.0 Å². The van der Waals surface area contributed by atoms with Gasteiger partial charge in [-0.05, 0) is 38.8 Å². The average Bonchev–Trinajstić information content (AvgIpc) is 2.81. The van der Waals surface area contributed by atoms with Gasteiger partial charge in [0, 0.05) is 22.8 Å². The second-order valence-electron chi connectivity index (χ2n) is 6.14. The van der Waals surface area contributed by atoms with Gasteiger partial charge in [0.2, 0.25) is 0 Å². The summed E-state index contributed by atoms with van der Waals surface area (Å²) < 4.78 is 0. The van der Waals surface area contributed by atoms with E-state index < -0.39 is 11.4 Å². The molecule has 0 amide bonds. The van der Waals surface area contributed by atoms with Crippen molar-refractivity contribution in [1.29, 1.82) is 0 Å². The number of hydrogen-bond acceptors (Lipinski definition) is 3. The van der Waals surface area contributed by atoms with Gasteiger partial charge in [-0.25, -0.2) is 0 Å². The van der Waals surface area contributed by atoms with Crippen molar-refractivity contribution in [1.82, 2.24) is 4.98 Å². The van der Waals surface area contributed by atoms with Gasteiger partial charge < -0.3 is 10.4 Å². The van der Waals surface area contributed by atoms with Gasteiger partial charge in [-0.15, -0.1) is 0 Å². The number of anilines is 1. The van der Waals surface area contributed by atoms with Gasteiger partial charge in [0.1, 0.15) is 0 Å². The summed E-state index contributed by atoms with van der Waals surface area (Å²) in [6.07, 6.45) is 2.56.